The molecule has 2 N–H and O–H groups in total. The Balaban J connectivity index is 2.08. The van der Waals surface area contributed by atoms with E-state index < -0.39 is 0 Å². The van der Waals surface area contributed by atoms with Crippen LogP contribution in [0.15, 0.2) is 12.5 Å². The van der Waals surface area contributed by atoms with Gasteiger partial charge in [0.05, 0.1) is 12.0 Å². The molecule has 1 heterocycles. The number of nitrogens with two attached hydrogens (primary N) is 1. The predicted octanol–water partition coefficient (Wildman–Crippen LogP) is 0.482. The van der Waals surface area contributed by atoms with Crippen molar-refractivity contribution in [1.29, 1.82) is 0 Å². The van der Waals surface area contributed by atoms with Crippen molar-refractivity contribution in [2.75, 3.05) is 6.54 Å². The van der Waals surface area contributed by atoms with Crippen molar-refractivity contribution >= 4 is 0 Å². The normalized spacial score (nSPS) is 28.9. The second kappa shape index (κ2) is 2.34. The zero-order valence-corrected chi connectivity index (χ0v) is 6.70. The van der Waals surface area contributed by atoms with Crippen LogP contribution < -0.4 is 5.73 Å². The van der Waals surface area contributed by atoms with Crippen molar-refractivity contribution in [3.63, 3.8) is 0 Å². The molecule has 0 radical (unpaired) electrons. The molecule has 1 fully saturated rings. The Morgan fingerprint density at radius 1 is 1.82 bits per heavy atom. The molecular weight excluding hydrogens is 138 g/mol. The molecular formula is C8H13N3. The first-order valence-corrected chi connectivity index (χ1v) is 3.99. The topological polar surface area (TPSA) is 43.8 Å². The maximum absolute atomic E-state index is 5.53. The van der Waals surface area contributed by atoms with Gasteiger partial charge in [-0.05, 0) is 18.9 Å². The Morgan fingerprint density at radius 2 is 2.64 bits per heavy atom. The maximum atomic E-state index is 5.53. The maximum Gasteiger partial charge on any atom is 0.0946 e. The summed E-state index contributed by atoms with van der Waals surface area (Å²) in [5.74, 6) is 1.35. The van der Waals surface area contributed by atoms with E-state index in [4.69, 9.17) is 5.73 Å². The first-order chi connectivity index (χ1) is 5.31. The zero-order chi connectivity index (χ0) is 7.84. The van der Waals surface area contributed by atoms with E-state index in [1.165, 1.54) is 12.1 Å². The highest BCUT2D eigenvalue weighted by molar-refractivity contribution is 5.15. The zero-order valence-electron chi connectivity index (χ0n) is 6.70. The summed E-state index contributed by atoms with van der Waals surface area (Å²) in [6.45, 7) is 0.807. The Hall–Kier alpha value is -0.830. The van der Waals surface area contributed by atoms with E-state index >= 15 is 0 Å². The largest absolute Gasteiger partial charge is 0.340 e. The summed E-state index contributed by atoms with van der Waals surface area (Å²) in [7, 11) is 2.00. The lowest BCUT2D eigenvalue weighted by Crippen LogP contribution is -2.01. The van der Waals surface area contributed by atoms with Gasteiger partial charge in [0.1, 0.15) is 0 Å². The van der Waals surface area contributed by atoms with E-state index in [2.05, 4.69) is 11.2 Å². The standard InChI is InChI=1S/C8H13N3/c1-11-4-8(10-5-11)7-2-6(7)3-9/h4-7H,2-3,9H2,1H3. The fourth-order valence-corrected chi connectivity index (χ4v) is 1.49. The average molecular weight is 151 g/mol. The van der Waals surface area contributed by atoms with E-state index in [9.17, 15) is 0 Å². The molecule has 3 heteroatoms. The highest BCUT2D eigenvalue weighted by Crippen LogP contribution is 2.45. The van der Waals surface area contributed by atoms with Gasteiger partial charge in [-0.2, -0.15) is 0 Å². The van der Waals surface area contributed by atoms with Crippen LogP contribution in [0, 0.1) is 5.92 Å². The quantitative estimate of drug-likeness (QED) is 0.668. The first-order valence-electron chi connectivity index (χ1n) is 3.99. The van der Waals surface area contributed by atoms with E-state index in [-0.39, 0.29) is 0 Å². The van der Waals surface area contributed by atoms with Gasteiger partial charge in [0.25, 0.3) is 0 Å². The van der Waals surface area contributed by atoms with Crippen LogP contribution >= 0.6 is 0 Å². The summed E-state index contributed by atoms with van der Waals surface area (Å²) >= 11 is 0. The van der Waals surface area contributed by atoms with Gasteiger partial charge in [-0.15, -0.1) is 0 Å². The summed E-state index contributed by atoms with van der Waals surface area (Å²) in [6, 6.07) is 0. The SMILES string of the molecule is Cn1cnc(C2CC2CN)c1. The molecule has 1 aromatic heterocycles. The third-order valence-corrected chi connectivity index (χ3v) is 2.33. The minimum absolute atomic E-state index is 0.654. The third-order valence-electron chi connectivity index (χ3n) is 2.33. The number of rotatable bonds is 2. The molecule has 11 heavy (non-hydrogen) atoms. The highest BCUT2D eigenvalue weighted by atomic mass is 15.0. The minimum atomic E-state index is 0.654. The Labute approximate surface area is 66.2 Å². The van der Waals surface area contributed by atoms with Crippen LogP contribution in [0.4, 0.5) is 0 Å². The molecule has 2 rings (SSSR count). The fraction of sp³-hybridized carbons (Fsp3) is 0.625. The fourth-order valence-electron chi connectivity index (χ4n) is 1.49. The molecule has 0 saturated heterocycles. The minimum Gasteiger partial charge on any atom is -0.340 e. The van der Waals surface area contributed by atoms with Gasteiger partial charge in [0.15, 0.2) is 0 Å². The Morgan fingerprint density at radius 3 is 3.09 bits per heavy atom. The molecule has 1 saturated carbocycles. The van der Waals surface area contributed by atoms with Crippen LogP contribution in [0.5, 0.6) is 0 Å². The molecule has 60 valence electrons. The van der Waals surface area contributed by atoms with Crippen molar-refractivity contribution in [3.05, 3.63) is 18.2 Å². The molecule has 0 spiro atoms. The van der Waals surface area contributed by atoms with E-state index in [1.54, 1.807) is 0 Å². The van der Waals surface area contributed by atoms with E-state index in [0.29, 0.717) is 11.8 Å². The number of imidazole rings is 1. The molecule has 0 aliphatic heterocycles. The molecule has 1 aliphatic rings. The van der Waals surface area contributed by atoms with E-state index in [0.717, 1.165) is 6.54 Å². The molecule has 3 nitrogen and oxygen atoms in total. The summed E-state index contributed by atoms with van der Waals surface area (Å²) < 4.78 is 1.99. The Bertz CT molecular complexity index is 254. The van der Waals surface area contributed by atoms with Crippen molar-refractivity contribution < 1.29 is 0 Å². The van der Waals surface area contributed by atoms with Crippen molar-refractivity contribution in [2.24, 2.45) is 18.7 Å². The van der Waals surface area contributed by atoms with Gasteiger partial charge in [-0.25, -0.2) is 4.98 Å². The van der Waals surface area contributed by atoms with Gasteiger partial charge >= 0.3 is 0 Å². The van der Waals surface area contributed by atoms with Crippen molar-refractivity contribution in [3.8, 4) is 0 Å². The molecule has 1 aliphatic carbocycles. The van der Waals surface area contributed by atoms with Gasteiger partial charge in [0.2, 0.25) is 0 Å². The van der Waals surface area contributed by atoms with Crippen LogP contribution in [0.2, 0.25) is 0 Å². The summed E-state index contributed by atoms with van der Waals surface area (Å²) in [6.07, 6.45) is 5.16. The van der Waals surface area contributed by atoms with Crippen molar-refractivity contribution in [1.82, 2.24) is 9.55 Å². The van der Waals surface area contributed by atoms with Crippen molar-refractivity contribution in [2.45, 2.75) is 12.3 Å². The lowest BCUT2D eigenvalue weighted by molar-refractivity contribution is 0.799. The number of aromatic nitrogens is 2. The number of hydrogen-bond acceptors (Lipinski definition) is 2. The summed E-state index contributed by atoms with van der Waals surface area (Å²) in [4.78, 5) is 4.28. The lowest BCUT2D eigenvalue weighted by atomic mass is 10.2. The van der Waals surface area contributed by atoms with Gasteiger partial charge in [-0.3, -0.25) is 0 Å². The number of hydrogen-bond donors (Lipinski definition) is 1. The molecule has 0 amide bonds. The van der Waals surface area contributed by atoms with Gasteiger partial charge in [0, 0.05) is 19.2 Å². The van der Waals surface area contributed by atoms with Crippen LogP contribution in [-0.2, 0) is 7.05 Å². The predicted molar refractivity (Wildman–Crippen MR) is 43.1 cm³/mol. The lowest BCUT2D eigenvalue weighted by Gasteiger charge is -1.89. The molecule has 1 aromatic rings. The number of aryl methyl sites for hydroxylation is 1. The summed E-state index contributed by atoms with van der Waals surface area (Å²) in [5.41, 5.74) is 6.74. The van der Waals surface area contributed by atoms with Crippen LogP contribution in [0.3, 0.4) is 0 Å². The molecule has 2 unspecified atom stereocenters. The second-order valence-corrected chi connectivity index (χ2v) is 3.30. The monoisotopic (exact) mass is 151 g/mol. The second-order valence-electron chi connectivity index (χ2n) is 3.30. The molecule has 0 aromatic carbocycles. The van der Waals surface area contributed by atoms with E-state index in [1.807, 2.05) is 17.9 Å². The average Bonchev–Trinajstić information content (AvgIpc) is 2.68. The molecule has 2 atom stereocenters. The highest BCUT2D eigenvalue weighted by Gasteiger charge is 2.38. The first kappa shape index (κ1) is 6.85. The number of nitrogens with zero attached hydrogens (tertiary/aromatic N) is 2. The summed E-state index contributed by atoms with van der Waals surface area (Å²) in [5, 5.41) is 0. The van der Waals surface area contributed by atoms with Crippen LogP contribution in [-0.4, -0.2) is 16.1 Å². The molecule has 0 bridgehead atoms. The Kier molecular flexibility index (Phi) is 1.46. The van der Waals surface area contributed by atoms with Gasteiger partial charge in [-0.1, -0.05) is 0 Å². The third kappa shape index (κ3) is 1.16. The van der Waals surface area contributed by atoms with Crippen LogP contribution in [0.25, 0.3) is 0 Å². The van der Waals surface area contributed by atoms with Gasteiger partial charge < -0.3 is 10.3 Å². The van der Waals surface area contributed by atoms with Crippen LogP contribution in [0.1, 0.15) is 18.0 Å². The smallest absolute Gasteiger partial charge is 0.0946 e.